The van der Waals surface area contributed by atoms with Crippen LogP contribution in [0.4, 0.5) is 4.39 Å². The van der Waals surface area contributed by atoms with Crippen molar-refractivity contribution in [1.82, 2.24) is 4.72 Å². The highest BCUT2D eigenvalue weighted by Gasteiger charge is 2.27. The van der Waals surface area contributed by atoms with Gasteiger partial charge in [-0.2, -0.15) is 4.72 Å². The molecule has 0 bridgehead atoms. The number of hydrogen-bond acceptors (Lipinski definition) is 3. The van der Waals surface area contributed by atoms with Crippen molar-refractivity contribution in [3.63, 3.8) is 0 Å². The van der Waals surface area contributed by atoms with Crippen LogP contribution in [0.2, 0.25) is 0 Å². The Bertz CT molecular complexity index is 603. The molecule has 1 aromatic rings. The Kier molecular flexibility index (Phi) is 5.67. The number of carboxylic acid groups (broad SMARTS) is 1. The molecule has 0 saturated heterocycles. The summed E-state index contributed by atoms with van der Waals surface area (Å²) in [5.41, 5.74) is 0. The van der Waals surface area contributed by atoms with Gasteiger partial charge in [0.05, 0.1) is 4.90 Å². The second-order valence-corrected chi connectivity index (χ2v) is 7.25. The molecule has 0 aliphatic heterocycles. The third kappa shape index (κ3) is 4.53. The Hall–Kier alpha value is -0.990. The lowest BCUT2D eigenvalue weighted by atomic mass is 10.1. The molecule has 20 heavy (non-hydrogen) atoms. The normalized spacial score (nSPS) is 13.4. The van der Waals surface area contributed by atoms with Gasteiger partial charge in [0.1, 0.15) is 11.9 Å². The molecule has 0 fully saturated rings. The molecule has 112 valence electrons. The number of nitrogens with one attached hydrogen (secondary N) is 1. The zero-order valence-corrected chi connectivity index (χ0v) is 13.3. The lowest BCUT2D eigenvalue weighted by Gasteiger charge is -2.17. The van der Waals surface area contributed by atoms with Gasteiger partial charge in [0.25, 0.3) is 0 Å². The Balaban J connectivity index is 3.06. The summed E-state index contributed by atoms with van der Waals surface area (Å²) in [4.78, 5) is 10.9. The molecule has 0 aromatic heterocycles. The third-order valence-electron chi connectivity index (χ3n) is 2.49. The number of carboxylic acids is 1. The molecular weight excluding hydrogens is 353 g/mol. The quantitative estimate of drug-likeness (QED) is 0.808. The third-order valence-corrected chi connectivity index (χ3v) is 4.93. The maximum atomic E-state index is 13.0. The van der Waals surface area contributed by atoms with Crippen molar-refractivity contribution in [1.29, 1.82) is 0 Å². The molecular formula is C12H15BrFNO4S. The van der Waals surface area contributed by atoms with Crippen molar-refractivity contribution in [2.45, 2.75) is 31.2 Å². The molecule has 8 heteroatoms. The van der Waals surface area contributed by atoms with Crippen LogP contribution >= 0.6 is 15.9 Å². The predicted molar refractivity (Wildman–Crippen MR) is 75.3 cm³/mol. The maximum Gasteiger partial charge on any atom is 0.321 e. The van der Waals surface area contributed by atoms with Crippen molar-refractivity contribution in [3.8, 4) is 0 Å². The van der Waals surface area contributed by atoms with Gasteiger partial charge in [-0.15, -0.1) is 0 Å². The molecule has 1 aromatic carbocycles. The minimum absolute atomic E-state index is 0.00968. The predicted octanol–water partition coefficient (Wildman–Crippen LogP) is 2.37. The number of carbonyl (C=O) groups is 1. The average Bonchev–Trinajstić information content (AvgIpc) is 2.26. The fourth-order valence-corrected chi connectivity index (χ4v) is 3.87. The summed E-state index contributed by atoms with van der Waals surface area (Å²) < 4.78 is 39.4. The van der Waals surface area contributed by atoms with Crippen molar-refractivity contribution in [2.24, 2.45) is 5.92 Å². The molecule has 1 rings (SSSR count). The second kappa shape index (κ2) is 6.64. The van der Waals surface area contributed by atoms with Crippen LogP contribution in [0.25, 0.3) is 0 Å². The maximum absolute atomic E-state index is 13.0. The van der Waals surface area contributed by atoms with E-state index in [2.05, 4.69) is 20.7 Å². The molecule has 5 nitrogen and oxygen atoms in total. The highest BCUT2D eigenvalue weighted by atomic mass is 79.9. The van der Waals surface area contributed by atoms with Gasteiger partial charge in [0.15, 0.2) is 0 Å². The summed E-state index contributed by atoms with van der Waals surface area (Å²) >= 11 is 2.95. The first kappa shape index (κ1) is 17.1. The van der Waals surface area contributed by atoms with Gasteiger partial charge in [-0.25, -0.2) is 12.8 Å². The summed E-state index contributed by atoms with van der Waals surface area (Å²) in [6, 6.07) is 1.86. The summed E-state index contributed by atoms with van der Waals surface area (Å²) in [5.74, 6) is -1.83. The molecule has 2 N–H and O–H groups in total. The molecule has 1 atom stereocenters. The van der Waals surface area contributed by atoms with E-state index in [1.54, 1.807) is 13.8 Å². The standard InChI is InChI=1S/C12H15BrFNO4S/c1-7(2)5-10(12(16)17)15-20(18,19)11-4-3-8(14)6-9(11)13/h3-4,6-7,10,15H,5H2,1-2H3,(H,16,17)/t10-/m1/s1. The van der Waals surface area contributed by atoms with E-state index in [4.69, 9.17) is 5.11 Å². The van der Waals surface area contributed by atoms with Crippen LogP contribution in [0.3, 0.4) is 0 Å². The van der Waals surface area contributed by atoms with Crippen molar-refractivity contribution in [3.05, 3.63) is 28.5 Å². The van der Waals surface area contributed by atoms with Crippen molar-refractivity contribution in [2.75, 3.05) is 0 Å². The first-order chi connectivity index (χ1) is 9.13. The van der Waals surface area contributed by atoms with E-state index in [9.17, 15) is 17.6 Å². The second-order valence-electron chi connectivity index (χ2n) is 4.72. The zero-order valence-electron chi connectivity index (χ0n) is 10.9. The fraction of sp³-hybridized carbons (Fsp3) is 0.417. The van der Waals surface area contributed by atoms with Gasteiger partial charge in [-0.05, 0) is 46.5 Å². The van der Waals surface area contributed by atoms with Gasteiger partial charge in [-0.1, -0.05) is 13.8 Å². The molecule has 0 radical (unpaired) electrons. The summed E-state index contributed by atoms with van der Waals surface area (Å²) in [7, 11) is -4.04. The number of halogens is 2. The van der Waals surface area contributed by atoms with E-state index in [-0.39, 0.29) is 21.7 Å². The number of aliphatic carboxylic acids is 1. The van der Waals surface area contributed by atoms with E-state index >= 15 is 0 Å². The summed E-state index contributed by atoms with van der Waals surface area (Å²) in [6.45, 7) is 3.58. The average molecular weight is 368 g/mol. The summed E-state index contributed by atoms with van der Waals surface area (Å²) in [6.07, 6.45) is 0.160. The zero-order chi connectivity index (χ0) is 15.5. The smallest absolute Gasteiger partial charge is 0.321 e. The first-order valence-corrected chi connectivity index (χ1v) is 8.11. The Labute approximate surface area is 125 Å². The first-order valence-electron chi connectivity index (χ1n) is 5.83. The van der Waals surface area contributed by atoms with Crippen LogP contribution in [0.1, 0.15) is 20.3 Å². The van der Waals surface area contributed by atoms with Gasteiger partial charge in [0.2, 0.25) is 10.0 Å². The number of rotatable bonds is 6. The number of sulfonamides is 1. The molecule has 0 aliphatic carbocycles. The minimum Gasteiger partial charge on any atom is -0.480 e. The van der Waals surface area contributed by atoms with Crippen LogP contribution in [0.15, 0.2) is 27.6 Å². The Morgan fingerprint density at radius 1 is 1.45 bits per heavy atom. The van der Waals surface area contributed by atoms with Crippen LogP contribution < -0.4 is 4.72 Å². The lowest BCUT2D eigenvalue weighted by Crippen LogP contribution is -2.41. The Morgan fingerprint density at radius 3 is 2.50 bits per heavy atom. The molecule has 0 aliphatic rings. The van der Waals surface area contributed by atoms with Crippen LogP contribution in [0, 0.1) is 11.7 Å². The lowest BCUT2D eigenvalue weighted by molar-refractivity contribution is -0.139. The van der Waals surface area contributed by atoms with Gasteiger partial charge < -0.3 is 5.11 Å². The van der Waals surface area contributed by atoms with Crippen molar-refractivity contribution < 1.29 is 22.7 Å². The van der Waals surface area contributed by atoms with Gasteiger partial charge in [0, 0.05) is 4.47 Å². The minimum atomic E-state index is -4.04. The monoisotopic (exact) mass is 367 g/mol. The number of hydrogen-bond donors (Lipinski definition) is 2. The number of benzene rings is 1. The van der Waals surface area contributed by atoms with E-state index in [1.807, 2.05) is 0 Å². The van der Waals surface area contributed by atoms with E-state index in [1.165, 1.54) is 0 Å². The molecule has 0 saturated carbocycles. The SMILES string of the molecule is CC(C)C[C@@H](NS(=O)(=O)c1ccc(F)cc1Br)C(=O)O. The highest BCUT2D eigenvalue weighted by Crippen LogP contribution is 2.23. The molecule has 0 heterocycles. The van der Waals surface area contributed by atoms with Crippen LogP contribution in [-0.4, -0.2) is 25.5 Å². The molecule has 0 amide bonds. The van der Waals surface area contributed by atoms with E-state index in [0.717, 1.165) is 18.2 Å². The van der Waals surface area contributed by atoms with E-state index in [0.29, 0.717) is 0 Å². The highest BCUT2D eigenvalue weighted by molar-refractivity contribution is 9.10. The Morgan fingerprint density at radius 2 is 2.05 bits per heavy atom. The topological polar surface area (TPSA) is 83.5 Å². The van der Waals surface area contributed by atoms with E-state index < -0.39 is 27.9 Å². The summed E-state index contributed by atoms with van der Waals surface area (Å²) in [5, 5.41) is 9.05. The largest absolute Gasteiger partial charge is 0.480 e. The van der Waals surface area contributed by atoms with Crippen molar-refractivity contribution >= 4 is 31.9 Å². The van der Waals surface area contributed by atoms with Gasteiger partial charge >= 0.3 is 5.97 Å². The molecule has 0 unspecified atom stereocenters. The molecule has 0 spiro atoms. The van der Waals surface area contributed by atoms with Crippen LogP contribution in [0.5, 0.6) is 0 Å². The van der Waals surface area contributed by atoms with Crippen LogP contribution in [-0.2, 0) is 14.8 Å². The fourth-order valence-electron chi connectivity index (χ4n) is 1.61. The van der Waals surface area contributed by atoms with Gasteiger partial charge in [-0.3, -0.25) is 4.79 Å².